The van der Waals surface area contributed by atoms with Gasteiger partial charge in [-0.1, -0.05) is 25.4 Å². The lowest BCUT2D eigenvalue weighted by atomic mass is 9.95. The number of nitrogens with zero attached hydrogens (tertiary/aromatic N) is 1. The molecule has 0 heterocycles. The molecule has 25 heavy (non-hydrogen) atoms. The summed E-state index contributed by atoms with van der Waals surface area (Å²) in [7, 11) is 0.447. The zero-order valence-electron chi connectivity index (χ0n) is 15.2. The molecule has 0 radical (unpaired) electrons. The van der Waals surface area contributed by atoms with Crippen LogP contribution < -0.4 is 15.2 Å². The first kappa shape index (κ1) is 21.7. The van der Waals surface area contributed by atoms with E-state index in [1.807, 2.05) is 13.8 Å². The summed E-state index contributed by atoms with van der Waals surface area (Å²) in [6.45, 7) is 3.85. The molecule has 7 nitrogen and oxygen atoms in total. The van der Waals surface area contributed by atoms with Crippen LogP contribution in [-0.2, 0) is 10.0 Å². The predicted molar refractivity (Wildman–Crippen MR) is 98.7 cm³/mol. The third-order valence-electron chi connectivity index (χ3n) is 4.17. The second-order valence-corrected chi connectivity index (χ2v) is 8.25. The smallest absolute Gasteiger partial charge is 0.257 e. The molecule has 0 aliphatic heterocycles. The summed E-state index contributed by atoms with van der Waals surface area (Å²) in [6, 6.07) is 2.64. The van der Waals surface area contributed by atoms with Gasteiger partial charge in [-0.2, -0.15) is 0 Å². The van der Waals surface area contributed by atoms with Crippen LogP contribution in [0.3, 0.4) is 0 Å². The van der Waals surface area contributed by atoms with Crippen molar-refractivity contribution in [3.8, 4) is 5.75 Å². The van der Waals surface area contributed by atoms with Gasteiger partial charge in [-0.3, -0.25) is 4.79 Å². The van der Waals surface area contributed by atoms with Gasteiger partial charge in [0.25, 0.3) is 5.91 Å². The maximum Gasteiger partial charge on any atom is 0.257 e. The van der Waals surface area contributed by atoms with Crippen molar-refractivity contribution < 1.29 is 17.9 Å². The summed E-state index contributed by atoms with van der Waals surface area (Å²) in [6.07, 6.45) is 1.23. The van der Waals surface area contributed by atoms with Gasteiger partial charge >= 0.3 is 0 Å². The molecule has 3 N–H and O–H groups in total. The molecule has 0 aliphatic carbocycles. The maximum atomic E-state index is 12.8. The number of hydrogen-bond acceptors (Lipinski definition) is 5. The molecule has 142 valence electrons. The Morgan fingerprint density at radius 2 is 1.88 bits per heavy atom. The molecular weight excluding hydrogens is 366 g/mol. The van der Waals surface area contributed by atoms with E-state index < -0.39 is 21.5 Å². The zero-order valence-corrected chi connectivity index (χ0v) is 16.8. The third kappa shape index (κ3) is 5.07. The highest BCUT2D eigenvalue weighted by molar-refractivity contribution is 7.89. The lowest BCUT2D eigenvalue weighted by Gasteiger charge is -2.27. The molecule has 1 aromatic rings. The molecule has 1 amide bonds. The number of methoxy groups -OCH3 is 1. The van der Waals surface area contributed by atoms with Crippen molar-refractivity contribution in [2.75, 3.05) is 27.7 Å². The molecule has 0 fully saturated rings. The van der Waals surface area contributed by atoms with E-state index in [1.165, 1.54) is 24.1 Å². The van der Waals surface area contributed by atoms with Crippen molar-refractivity contribution in [1.29, 1.82) is 0 Å². The highest BCUT2D eigenvalue weighted by Crippen LogP contribution is 2.32. The zero-order chi connectivity index (χ0) is 19.4. The van der Waals surface area contributed by atoms with E-state index in [4.69, 9.17) is 22.1 Å². The van der Waals surface area contributed by atoms with E-state index in [2.05, 4.69) is 4.72 Å². The van der Waals surface area contributed by atoms with Crippen molar-refractivity contribution in [3.05, 3.63) is 22.7 Å². The second-order valence-electron chi connectivity index (χ2n) is 6.08. The van der Waals surface area contributed by atoms with Gasteiger partial charge in [0.15, 0.2) is 5.75 Å². The minimum atomic E-state index is -3.97. The highest BCUT2D eigenvalue weighted by Gasteiger charge is 2.29. The van der Waals surface area contributed by atoms with Crippen LogP contribution in [0.5, 0.6) is 5.75 Å². The van der Waals surface area contributed by atoms with Crippen LogP contribution in [0.15, 0.2) is 17.0 Å². The SMILES string of the molecule is CCC(N)(CC)CNS(=O)(=O)c1cc(Cl)cc(C(=O)N(C)C)c1OC. The van der Waals surface area contributed by atoms with Crippen LogP contribution in [0.2, 0.25) is 5.02 Å². The normalized spacial score (nSPS) is 12.1. The first-order valence-corrected chi connectivity index (χ1v) is 9.75. The van der Waals surface area contributed by atoms with E-state index in [9.17, 15) is 13.2 Å². The Morgan fingerprint density at radius 1 is 1.32 bits per heavy atom. The van der Waals surface area contributed by atoms with Gasteiger partial charge in [0, 0.05) is 31.2 Å². The minimum absolute atomic E-state index is 0.0498. The van der Waals surface area contributed by atoms with Crippen molar-refractivity contribution in [2.24, 2.45) is 5.73 Å². The molecule has 9 heteroatoms. The van der Waals surface area contributed by atoms with Crippen molar-refractivity contribution in [2.45, 2.75) is 37.1 Å². The standard InChI is InChI=1S/C16H26ClN3O4S/c1-6-16(18,7-2)10-19-25(22,23)13-9-11(17)8-12(14(13)24-5)15(21)20(3)4/h8-9,19H,6-7,10,18H2,1-5H3. The summed E-state index contributed by atoms with van der Waals surface area (Å²) in [4.78, 5) is 13.4. The molecule has 0 bridgehead atoms. The molecule has 0 spiro atoms. The van der Waals surface area contributed by atoms with Crippen LogP contribution in [0, 0.1) is 0 Å². The van der Waals surface area contributed by atoms with E-state index in [1.54, 1.807) is 14.1 Å². The largest absolute Gasteiger partial charge is 0.494 e. The Morgan fingerprint density at radius 3 is 2.32 bits per heavy atom. The topological polar surface area (TPSA) is 102 Å². The number of rotatable bonds is 8. The number of benzene rings is 1. The predicted octanol–water partition coefficient (Wildman–Crippen LogP) is 1.85. The Balaban J connectivity index is 3.38. The van der Waals surface area contributed by atoms with E-state index >= 15 is 0 Å². The lowest BCUT2D eigenvalue weighted by molar-refractivity contribution is 0.0824. The number of sulfonamides is 1. The molecule has 1 rings (SSSR count). The average Bonchev–Trinajstić information content (AvgIpc) is 2.58. The van der Waals surface area contributed by atoms with E-state index in [-0.39, 0.29) is 27.8 Å². The number of hydrogen-bond donors (Lipinski definition) is 2. The summed E-state index contributed by atoms with van der Waals surface area (Å²) in [5.41, 5.74) is 5.58. The van der Waals surface area contributed by atoms with Gasteiger partial charge in [0.2, 0.25) is 10.0 Å². The fourth-order valence-electron chi connectivity index (χ4n) is 2.20. The number of carbonyl (C=O) groups is 1. The third-order valence-corrected chi connectivity index (χ3v) is 5.80. The maximum absolute atomic E-state index is 12.8. The molecule has 1 aromatic carbocycles. The molecule has 0 saturated carbocycles. The first-order chi connectivity index (χ1) is 11.5. The van der Waals surface area contributed by atoms with Gasteiger partial charge < -0.3 is 15.4 Å². The number of nitrogens with one attached hydrogen (secondary N) is 1. The molecule has 0 aliphatic rings. The minimum Gasteiger partial charge on any atom is -0.494 e. The summed E-state index contributed by atoms with van der Waals surface area (Å²) < 4.78 is 33.2. The molecule has 0 atom stereocenters. The van der Waals surface area contributed by atoms with Crippen LogP contribution in [0.25, 0.3) is 0 Å². The molecule has 0 unspecified atom stereocenters. The average molecular weight is 392 g/mol. The van der Waals surface area contributed by atoms with Gasteiger partial charge in [-0.25, -0.2) is 13.1 Å². The van der Waals surface area contributed by atoms with Gasteiger partial charge in [0.05, 0.1) is 12.7 Å². The second kappa shape index (κ2) is 8.35. The number of ether oxygens (including phenoxy) is 1. The summed E-state index contributed by atoms with van der Waals surface area (Å²) in [5.74, 6) is -0.461. The van der Waals surface area contributed by atoms with Gasteiger partial charge in [-0.05, 0) is 25.0 Å². The van der Waals surface area contributed by atoms with Gasteiger partial charge in [-0.15, -0.1) is 0 Å². The highest BCUT2D eigenvalue weighted by atomic mass is 35.5. The quantitative estimate of drug-likeness (QED) is 0.704. The fourth-order valence-corrected chi connectivity index (χ4v) is 3.83. The number of nitrogens with two attached hydrogens (primary N) is 1. The number of carbonyl (C=O) groups excluding carboxylic acids is 1. The fraction of sp³-hybridized carbons (Fsp3) is 0.562. The summed E-state index contributed by atoms with van der Waals surface area (Å²) in [5, 5.41) is 0.122. The van der Waals surface area contributed by atoms with Crippen molar-refractivity contribution >= 4 is 27.5 Å². The molecular formula is C16H26ClN3O4S. The van der Waals surface area contributed by atoms with Crippen LogP contribution in [0.4, 0.5) is 0 Å². The Hall–Kier alpha value is -1.35. The lowest BCUT2D eigenvalue weighted by Crippen LogP contribution is -2.49. The Labute approximate surface area is 154 Å². The number of halogens is 1. The molecule has 0 aromatic heterocycles. The van der Waals surface area contributed by atoms with Crippen LogP contribution >= 0.6 is 11.6 Å². The van der Waals surface area contributed by atoms with Gasteiger partial charge in [0.1, 0.15) is 4.90 Å². The van der Waals surface area contributed by atoms with Crippen molar-refractivity contribution in [3.63, 3.8) is 0 Å². The van der Waals surface area contributed by atoms with Crippen LogP contribution in [-0.4, -0.2) is 52.5 Å². The van der Waals surface area contributed by atoms with E-state index in [0.29, 0.717) is 12.8 Å². The Kier molecular flexibility index (Phi) is 7.25. The van der Waals surface area contributed by atoms with E-state index in [0.717, 1.165) is 0 Å². The monoisotopic (exact) mass is 391 g/mol. The first-order valence-electron chi connectivity index (χ1n) is 7.89. The van der Waals surface area contributed by atoms with Crippen LogP contribution in [0.1, 0.15) is 37.0 Å². The van der Waals surface area contributed by atoms with Crippen molar-refractivity contribution in [1.82, 2.24) is 9.62 Å². The Bertz CT molecular complexity index is 731. The number of amides is 1. The molecule has 0 saturated heterocycles. The summed E-state index contributed by atoms with van der Waals surface area (Å²) >= 11 is 6.04.